The molecule has 8 nitrogen and oxygen atoms in total. The number of rotatable bonds is 10. The van der Waals surface area contributed by atoms with Gasteiger partial charge in [-0.2, -0.15) is 16.9 Å². The van der Waals surface area contributed by atoms with Crippen LogP contribution in [0.1, 0.15) is 28.5 Å². The summed E-state index contributed by atoms with van der Waals surface area (Å²) in [6.07, 6.45) is 2.21. The van der Waals surface area contributed by atoms with Gasteiger partial charge in [0.1, 0.15) is 17.1 Å². The van der Waals surface area contributed by atoms with Gasteiger partial charge in [-0.15, -0.1) is 23.1 Å². The summed E-state index contributed by atoms with van der Waals surface area (Å²) in [5.41, 5.74) is 5.62. The summed E-state index contributed by atoms with van der Waals surface area (Å²) in [4.78, 5) is 42.6. The number of nitrogens with zero attached hydrogens (tertiary/aromatic N) is 2. The molecule has 216 valence electrons. The average Bonchev–Trinajstić information content (AvgIpc) is 3.74. The Kier molecular flexibility index (Phi) is 8.97. The molecule has 3 aliphatic rings. The molecule has 0 bridgehead atoms. The van der Waals surface area contributed by atoms with E-state index in [1.165, 1.54) is 28.0 Å². The number of nitrogens with one attached hydrogen (secondary N) is 2. The van der Waals surface area contributed by atoms with Crippen LogP contribution in [0.2, 0.25) is 0 Å². The van der Waals surface area contributed by atoms with Crippen LogP contribution >= 0.6 is 34.9 Å². The van der Waals surface area contributed by atoms with E-state index in [1.807, 2.05) is 89.9 Å². The fourth-order valence-corrected chi connectivity index (χ4v) is 8.28. The molecular formula is C31H30N4O4S3. The monoisotopic (exact) mass is 618 g/mol. The maximum absolute atomic E-state index is 14.0. The van der Waals surface area contributed by atoms with Gasteiger partial charge in [-0.3, -0.25) is 14.5 Å². The molecule has 4 heterocycles. The highest BCUT2D eigenvalue weighted by Crippen LogP contribution is 2.41. The van der Waals surface area contributed by atoms with E-state index < -0.39 is 23.5 Å². The molecule has 1 aromatic heterocycles. The lowest BCUT2D eigenvalue weighted by Gasteiger charge is -2.49. The molecule has 2 aromatic carbocycles. The number of fused-ring (bicyclic) bond motifs is 1. The molecular weight excluding hydrogens is 589 g/mol. The lowest BCUT2D eigenvalue weighted by atomic mass is 10.0. The standard InChI is InChI=1S/C31H30N4O4S3/c36-25(16-24-12-7-14-41-24)33-26-29(37)35-27(22(18-42-30(26)35)17-32-34-23-13-15-40-19-23)31(38)39-28(20-8-3-1-4-9-20)21-10-5-2-6-11-21/h1-12,14,17,23,26,28,30,34H,13,15-16,18-19H2,(H,33,36)/b32-17+/t23?,26?,30-/m1/s1. The molecule has 2 amide bonds. The summed E-state index contributed by atoms with van der Waals surface area (Å²) in [5, 5.41) is 8.84. The van der Waals surface area contributed by atoms with Crippen molar-refractivity contribution in [3.05, 3.63) is 105 Å². The maximum Gasteiger partial charge on any atom is 0.356 e. The van der Waals surface area contributed by atoms with Crippen molar-refractivity contribution in [3.8, 4) is 0 Å². The van der Waals surface area contributed by atoms with Crippen LogP contribution in [-0.4, -0.2) is 63.6 Å². The van der Waals surface area contributed by atoms with Crippen molar-refractivity contribution < 1.29 is 19.1 Å². The Bertz CT molecular complexity index is 1430. The first-order valence-corrected chi connectivity index (χ1v) is 16.8. The van der Waals surface area contributed by atoms with Crippen LogP contribution in [0.4, 0.5) is 0 Å². The van der Waals surface area contributed by atoms with Gasteiger partial charge in [0.05, 0.1) is 18.7 Å². The number of amides is 2. The molecule has 0 saturated carbocycles. The van der Waals surface area contributed by atoms with Crippen molar-refractivity contribution in [2.75, 3.05) is 17.3 Å². The van der Waals surface area contributed by atoms with E-state index in [-0.39, 0.29) is 30.0 Å². The second-order valence-electron chi connectivity index (χ2n) is 10.1. The molecule has 2 N–H and O–H groups in total. The summed E-state index contributed by atoms with van der Waals surface area (Å²) in [7, 11) is 0. The average molecular weight is 619 g/mol. The predicted molar refractivity (Wildman–Crippen MR) is 168 cm³/mol. The first-order valence-electron chi connectivity index (χ1n) is 13.8. The number of hydrogen-bond donors (Lipinski definition) is 2. The Morgan fingerprint density at radius 2 is 1.79 bits per heavy atom. The maximum atomic E-state index is 14.0. The lowest BCUT2D eigenvalue weighted by molar-refractivity contribution is -0.154. The highest BCUT2D eigenvalue weighted by atomic mass is 32.2. The normalized spacial score (nSPS) is 21.8. The molecule has 11 heteroatoms. The SMILES string of the molecule is O=C(Cc1cccs1)NC1C(=O)N2C(C(=O)OC(c3ccccc3)c3ccccc3)=C(/C=N/NC3CCSC3)CS[C@H]12. The molecule has 0 spiro atoms. The Morgan fingerprint density at radius 1 is 1.05 bits per heavy atom. The molecule has 3 aromatic rings. The molecule has 0 aliphatic carbocycles. The predicted octanol–water partition coefficient (Wildman–Crippen LogP) is 4.36. The minimum atomic E-state index is -0.712. The van der Waals surface area contributed by atoms with E-state index in [2.05, 4.69) is 15.8 Å². The number of β-lactam (4-membered cyclic amide) rings is 1. The van der Waals surface area contributed by atoms with Crippen LogP contribution in [0.25, 0.3) is 0 Å². The number of hydrogen-bond acceptors (Lipinski definition) is 9. The van der Waals surface area contributed by atoms with E-state index in [1.54, 1.807) is 6.21 Å². The molecule has 3 atom stereocenters. The zero-order valence-electron chi connectivity index (χ0n) is 22.7. The van der Waals surface area contributed by atoms with Gasteiger partial charge >= 0.3 is 5.97 Å². The quantitative estimate of drug-likeness (QED) is 0.151. The van der Waals surface area contributed by atoms with Crippen molar-refractivity contribution in [1.29, 1.82) is 0 Å². The summed E-state index contributed by atoms with van der Waals surface area (Å²) >= 11 is 4.88. The fraction of sp³-hybridized carbons (Fsp3) is 0.290. The van der Waals surface area contributed by atoms with Gasteiger partial charge in [0, 0.05) is 22.0 Å². The van der Waals surface area contributed by atoms with Crippen molar-refractivity contribution in [2.45, 2.75) is 36.4 Å². The smallest absolute Gasteiger partial charge is 0.356 e. The number of carbonyl (C=O) groups is 3. The van der Waals surface area contributed by atoms with Gasteiger partial charge < -0.3 is 15.5 Å². The largest absolute Gasteiger partial charge is 0.448 e. The summed E-state index contributed by atoms with van der Waals surface area (Å²) in [6, 6.07) is 22.4. The summed E-state index contributed by atoms with van der Waals surface area (Å²) in [5.74, 6) is 1.36. The van der Waals surface area contributed by atoms with Crippen molar-refractivity contribution in [3.63, 3.8) is 0 Å². The van der Waals surface area contributed by atoms with Gasteiger partial charge in [-0.25, -0.2) is 4.79 Å². The van der Waals surface area contributed by atoms with Gasteiger partial charge in [-0.05, 0) is 34.7 Å². The number of thiophene rings is 1. The fourth-order valence-electron chi connectivity index (χ4n) is 5.13. The molecule has 0 radical (unpaired) electrons. The van der Waals surface area contributed by atoms with E-state index in [9.17, 15) is 14.4 Å². The van der Waals surface area contributed by atoms with Crippen LogP contribution in [0.5, 0.6) is 0 Å². The van der Waals surface area contributed by atoms with Crippen LogP contribution in [0, 0.1) is 0 Å². The van der Waals surface area contributed by atoms with E-state index in [0.29, 0.717) is 11.3 Å². The Hall–Kier alpha value is -3.54. The van der Waals surface area contributed by atoms with Gasteiger partial charge in [-0.1, -0.05) is 66.7 Å². The number of esters is 1. The van der Waals surface area contributed by atoms with E-state index in [4.69, 9.17) is 4.74 Å². The number of thioether (sulfide) groups is 2. The first-order chi connectivity index (χ1) is 20.6. The molecule has 2 fully saturated rings. The topological polar surface area (TPSA) is 100 Å². The summed E-state index contributed by atoms with van der Waals surface area (Å²) in [6.45, 7) is 0. The molecule has 2 saturated heterocycles. The third kappa shape index (κ3) is 6.28. The minimum Gasteiger partial charge on any atom is -0.448 e. The Morgan fingerprint density at radius 3 is 2.43 bits per heavy atom. The summed E-state index contributed by atoms with van der Waals surface area (Å²) < 4.78 is 6.19. The highest BCUT2D eigenvalue weighted by Gasteiger charge is 2.54. The van der Waals surface area contributed by atoms with Crippen LogP contribution in [0.15, 0.2) is 94.5 Å². The minimum absolute atomic E-state index is 0.177. The first kappa shape index (κ1) is 28.6. The van der Waals surface area contributed by atoms with Gasteiger partial charge in [0.15, 0.2) is 6.10 Å². The zero-order chi connectivity index (χ0) is 28.9. The van der Waals surface area contributed by atoms with E-state index >= 15 is 0 Å². The lowest BCUT2D eigenvalue weighted by Crippen LogP contribution is -2.70. The second-order valence-corrected chi connectivity index (χ2v) is 13.4. The molecule has 3 aliphatic heterocycles. The Labute approximate surface area is 257 Å². The van der Waals surface area contributed by atoms with Crippen LogP contribution in [-0.2, 0) is 25.5 Å². The van der Waals surface area contributed by atoms with Gasteiger partial charge in [0.25, 0.3) is 5.91 Å². The van der Waals surface area contributed by atoms with Gasteiger partial charge in [0.2, 0.25) is 5.91 Å². The number of carbonyl (C=O) groups excluding carboxylic acids is 3. The van der Waals surface area contributed by atoms with Crippen molar-refractivity contribution >= 4 is 58.9 Å². The number of benzene rings is 2. The highest BCUT2D eigenvalue weighted by molar-refractivity contribution is 8.00. The van der Waals surface area contributed by atoms with E-state index in [0.717, 1.165) is 33.9 Å². The Balaban J connectivity index is 1.26. The zero-order valence-corrected chi connectivity index (χ0v) is 25.1. The number of ether oxygens (including phenoxy) is 1. The molecule has 6 rings (SSSR count). The van der Waals surface area contributed by atoms with Crippen molar-refractivity contribution in [1.82, 2.24) is 15.6 Å². The third-order valence-corrected chi connectivity index (χ3v) is 10.6. The second kappa shape index (κ2) is 13.2. The third-order valence-electron chi connectivity index (χ3n) is 7.26. The van der Waals surface area contributed by atoms with Crippen molar-refractivity contribution in [2.24, 2.45) is 5.10 Å². The van der Waals surface area contributed by atoms with Crippen LogP contribution < -0.4 is 10.7 Å². The molecule has 42 heavy (non-hydrogen) atoms. The van der Waals surface area contributed by atoms with Crippen LogP contribution in [0.3, 0.4) is 0 Å². The number of hydrazone groups is 1. The molecule has 2 unspecified atom stereocenters.